The first-order valence-corrected chi connectivity index (χ1v) is 14.3. The van der Waals surface area contributed by atoms with Crippen molar-refractivity contribution in [3.63, 3.8) is 0 Å². The Bertz CT molecular complexity index is 1590. The highest BCUT2D eigenvalue weighted by atomic mass is 16.5. The molecule has 1 aliphatic carbocycles. The molecule has 1 N–H and O–H groups in total. The number of ketones is 1. The number of aliphatic hydroxyl groups is 1. The fourth-order valence-corrected chi connectivity index (χ4v) is 6.65. The van der Waals surface area contributed by atoms with Gasteiger partial charge in [0.25, 0.3) is 0 Å². The lowest BCUT2D eigenvalue weighted by molar-refractivity contribution is -0.164. The van der Waals surface area contributed by atoms with Gasteiger partial charge in [-0.15, -0.1) is 0 Å². The third-order valence-electron chi connectivity index (χ3n) is 8.73. The van der Waals surface area contributed by atoms with Gasteiger partial charge in [0.2, 0.25) is 0 Å². The van der Waals surface area contributed by atoms with Crippen molar-refractivity contribution in [1.82, 2.24) is 0 Å². The zero-order valence-corrected chi connectivity index (χ0v) is 24.2. The summed E-state index contributed by atoms with van der Waals surface area (Å²) in [5.41, 5.74) is 0.805. The molecule has 42 heavy (non-hydrogen) atoms. The normalized spacial score (nSPS) is 25.3. The molecule has 0 radical (unpaired) electrons. The Hall–Kier alpha value is -4.53. The number of esters is 1. The molecule has 0 spiro atoms. The molecule has 4 aromatic carbocycles. The average Bonchev–Trinajstić information content (AvgIpc) is 3.02. The maximum absolute atomic E-state index is 14.7. The van der Waals surface area contributed by atoms with Crippen molar-refractivity contribution in [2.45, 2.75) is 44.6 Å². The van der Waals surface area contributed by atoms with E-state index in [0.29, 0.717) is 16.7 Å². The maximum Gasteiger partial charge on any atom is 0.327 e. The molecule has 1 saturated carbocycles. The second-order valence-electron chi connectivity index (χ2n) is 11.3. The lowest BCUT2D eigenvalue weighted by atomic mass is 9.47. The van der Waals surface area contributed by atoms with Gasteiger partial charge < -0.3 is 9.84 Å². The van der Waals surface area contributed by atoms with E-state index in [1.807, 2.05) is 98.8 Å². The van der Waals surface area contributed by atoms with E-state index in [4.69, 9.17) is 4.74 Å². The van der Waals surface area contributed by atoms with E-state index in [0.717, 1.165) is 16.7 Å². The molecule has 5 atom stereocenters. The van der Waals surface area contributed by atoms with Crippen LogP contribution in [0.5, 0.6) is 0 Å². The Morgan fingerprint density at radius 3 is 1.88 bits per heavy atom. The zero-order valence-electron chi connectivity index (χ0n) is 24.2. The van der Waals surface area contributed by atoms with Crippen LogP contribution in [0.15, 0.2) is 109 Å². The number of carbonyl (C=O) groups excluding carboxylic acids is 2. The van der Waals surface area contributed by atoms with Gasteiger partial charge in [-0.05, 0) is 43.9 Å². The molecule has 4 aromatic rings. The molecule has 0 unspecified atom stereocenters. The largest absolute Gasteiger partial charge is 0.465 e. The predicted molar refractivity (Wildman–Crippen MR) is 162 cm³/mol. The molecule has 0 saturated heterocycles. The Labute approximate surface area is 247 Å². The molecular weight excluding hydrogens is 522 g/mol. The highest BCUT2D eigenvalue weighted by Crippen LogP contribution is 2.63. The van der Waals surface area contributed by atoms with Gasteiger partial charge in [-0.2, -0.15) is 5.26 Å². The third kappa shape index (κ3) is 4.93. The van der Waals surface area contributed by atoms with Gasteiger partial charge in [0.1, 0.15) is 5.60 Å². The van der Waals surface area contributed by atoms with Crippen molar-refractivity contribution in [3.05, 3.63) is 143 Å². The van der Waals surface area contributed by atoms with Crippen LogP contribution >= 0.6 is 0 Å². The van der Waals surface area contributed by atoms with Crippen molar-refractivity contribution in [1.29, 1.82) is 5.26 Å². The standard InChI is InChI=1S/C37H35NO4/c1-4-42-35(40)36(24-38)31(27-19-15-25(2)16-20-27)23-37(41,30-13-9-6-10-14-30)33(34(39)29-11-7-5-8-12-29)32(36)28-21-17-26(3)18-22-28/h5-22,31-33,41H,4,23H2,1-3H3/t31-,32+,33+,36+,37-/m0/s1. The second-order valence-corrected chi connectivity index (χ2v) is 11.3. The minimum absolute atomic E-state index is 0.0297. The number of Topliss-reactive ketones (excluding diaryl/α,β-unsaturated/α-hetero) is 1. The van der Waals surface area contributed by atoms with E-state index < -0.39 is 34.7 Å². The zero-order chi connectivity index (χ0) is 29.9. The van der Waals surface area contributed by atoms with Gasteiger partial charge in [-0.25, -0.2) is 0 Å². The number of rotatable bonds is 7. The third-order valence-corrected chi connectivity index (χ3v) is 8.73. The minimum atomic E-state index is -1.81. The van der Waals surface area contributed by atoms with E-state index >= 15 is 0 Å². The number of ether oxygens (including phenoxy) is 1. The summed E-state index contributed by atoms with van der Waals surface area (Å²) >= 11 is 0. The summed E-state index contributed by atoms with van der Waals surface area (Å²) in [6, 6.07) is 35.6. The summed E-state index contributed by atoms with van der Waals surface area (Å²) in [5.74, 6) is -4.00. The molecule has 0 aliphatic heterocycles. The van der Waals surface area contributed by atoms with Gasteiger partial charge >= 0.3 is 5.97 Å². The molecule has 5 rings (SSSR count). The summed E-state index contributed by atoms with van der Waals surface area (Å²) in [5, 5.41) is 24.1. The quantitative estimate of drug-likeness (QED) is 0.195. The number of nitrogens with zero attached hydrogens (tertiary/aromatic N) is 1. The molecule has 5 nitrogen and oxygen atoms in total. The van der Waals surface area contributed by atoms with Crippen molar-refractivity contribution in [2.24, 2.45) is 11.3 Å². The van der Waals surface area contributed by atoms with Crippen LogP contribution in [0, 0.1) is 36.5 Å². The van der Waals surface area contributed by atoms with Crippen molar-refractivity contribution in [2.75, 3.05) is 6.61 Å². The molecule has 212 valence electrons. The maximum atomic E-state index is 14.7. The minimum Gasteiger partial charge on any atom is -0.465 e. The van der Waals surface area contributed by atoms with Crippen LogP contribution in [0.3, 0.4) is 0 Å². The molecule has 0 heterocycles. The lowest BCUT2D eigenvalue weighted by Gasteiger charge is -2.54. The molecular formula is C37H35NO4. The van der Waals surface area contributed by atoms with E-state index in [-0.39, 0.29) is 18.8 Å². The van der Waals surface area contributed by atoms with E-state index in [2.05, 4.69) is 6.07 Å². The van der Waals surface area contributed by atoms with Crippen LogP contribution in [0.25, 0.3) is 0 Å². The van der Waals surface area contributed by atoms with Crippen LogP contribution in [0.1, 0.15) is 63.4 Å². The van der Waals surface area contributed by atoms with Crippen molar-refractivity contribution >= 4 is 11.8 Å². The number of nitriles is 1. The molecule has 0 amide bonds. The van der Waals surface area contributed by atoms with Gasteiger partial charge in [0.15, 0.2) is 11.2 Å². The average molecular weight is 558 g/mol. The highest BCUT2D eigenvalue weighted by molar-refractivity contribution is 6.00. The molecule has 0 bridgehead atoms. The Morgan fingerprint density at radius 1 is 0.833 bits per heavy atom. The number of aryl methyl sites for hydroxylation is 2. The predicted octanol–water partition coefficient (Wildman–Crippen LogP) is 7.03. The second kappa shape index (κ2) is 11.8. The summed E-state index contributed by atoms with van der Waals surface area (Å²) in [6.45, 7) is 5.71. The van der Waals surface area contributed by atoms with E-state index in [9.17, 15) is 20.0 Å². The first kappa shape index (κ1) is 29.0. The van der Waals surface area contributed by atoms with Gasteiger partial charge in [0, 0.05) is 17.4 Å². The number of hydrogen-bond acceptors (Lipinski definition) is 5. The molecule has 1 aliphatic rings. The van der Waals surface area contributed by atoms with E-state index in [1.165, 1.54) is 0 Å². The van der Waals surface area contributed by atoms with Crippen LogP contribution in [0.2, 0.25) is 0 Å². The van der Waals surface area contributed by atoms with Crippen LogP contribution in [-0.4, -0.2) is 23.5 Å². The molecule has 1 fully saturated rings. The first-order chi connectivity index (χ1) is 20.3. The SMILES string of the molecule is CCOC(=O)[C@@]1(C#N)[C@H](c2ccc(C)cc2)[C@H](C(=O)c2ccccc2)[C@@](O)(c2ccccc2)C[C@H]1c1ccc(C)cc1. The summed E-state index contributed by atoms with van der Waals surface area (Å²) in [7, 11) is 0. The monoisotopic (exact) mass is 557 g/mol. The fraction of sp³-hybridized carbons (Fsp3) is 0.270. The van der Waals surface area contributed by atoms with Crippen LogP contribution < -0.4 is 0 Å². The molecule has 0 aromatic heterocycles. The van der Waals surface area contributed by atoms with Crippen LogP contribution in [0.4, 0.5) is 0 Å². The smallest absolute Gasteiger partial charge is 0.327 e. The molecule has 5 heteroatoms. The van der Waals surface area contributed by atoms with Crippen molar-refractivity contribution < 1.29 is 19.4 Å². The van der Waals surface area contributed by atoms with Gasteiger partial charge in [-0.1, -0.05) is 120 Å². The van der Waals surface area contributed by atoms with Gasteiger partial charge in [-0.3, -0.25) is 9.59 Å². The van der Waals surface area contributed by atoms with E-state index in [1.54, 1.807) is 31.2 Å². The van der Waals surface area contributed by atoms with Gasteiger partial charge in [0.05, 0.1) is 18.6 Å². The summed E-state index contributed by atoms with van der Waals surface area (Å²) in [4.78, 5) is 29.0. The van der Waals surface area contributed by atoms with Crippen molar-refractivity contribution in [3.8, 4) is 6.07 Å². The topological polar surface area (TPSA) is 87.4 Å². The fourth-order valence-electron chi connectivity index (χ4n) is 6.65. The summed E-state index contributed by atoms with van der Waals surface area (Å²) in [6.07, 6.45) is -0.0297. The Morgan fingerprint density at radius 2 is 1.36 bits per heavy atom. The summed E-state index contributed by atoms with van der Waals surface area (Å²) < 4.78 is 5.68. The Balaban J connectivity index is 1.89. The number of hydrogen-bond donors (Lipinski definition) is 1. The number of carbonyl (C=O) groups is 2. The Kier molecular flexibility index (Phi) is 8.11. The highest BCUT2D eigenvalue weighted by Gasteiger charge is 2.67. The number of benzene rings is 4. The lowest BCUT2D eigenvalue weighted by Crippen LogP contribution is -2.59. The van der Waals surface area contributed by atoms with Crippen LogP contribution in [-0.2, 0) is 15.1 Å². The first-order valence-electron chi connectivity index (χ1n) is 14.3.